The molecule has 1 amide bonds. The van der Waals surface area contributed by atoms with Gasteiger partial charge in [-0.25, -0.2) is 9.59 Å². The summed E-state index contributed by atoms with van der Waals surface area (Å²) >= 11 is 0. The fourth-order valence-electron chi connectivity index (χ4n) is 3.04. The Bertz CT molecular complexity index is 655. The van der Waals surface area contributed by atoms with Crippen LogP contribution in [0.25, 0.3) is 0 Å². The lowest BCUT2D eigenvalue weighted by Gasteiger charge is -2.33. The van der Waals surface area contributed by atoms with Gasteiger partial charge in [0.15, 0.2) is 0 Å². The van der Waals surface area contributed by atoms with Gasteiger partial charge in [0.1, 0.15) is 11.4 Å². The van der Waals surface area contributed by atoms with E-state index in [9.17, 15) is 14.7 Å². The number of aromatic carboxylic acids is 1. The lowest BCUT2D eigenvalue weighted by molar-refractivity contribution is 0.0204. The van der Waals surface area contributed by atoms with Crippen LogP contribution < -0.4 is 4.74 Å². The maximum atomic E-state index is 12.2. The molecule has 1 aromatic carbocycles. The predicted octanol–water partition coefficient (Wildman–Crippen LogP) is 4.29. The van der Waals surface area contributed by atoms with E-state index < -0.39 is 11.6 Å². The van der Waals surface area contributed by atoms with Crippen LogP contribution in [0.15, 0.2) is 18.2 Å². The van der Waals surface area contributed by atoms with Crippen LogP contribution in [-0.4, -0.2) is 46.9 Å². The van der Waals surface area contributed by atoms with E-state index in [1.54, 1.807) is 17.0 Å². The Morgan fingerprint density at radius 3 is 2.27 bits per heavy atom. The average Bonchev–Trinajstić information content (AvgIpc) is 2.52. The number of hydrogen-bond donors (Lipinski definition) is 1. The lowest BCUT2D eigenvalue weighted by atomic mass is 9.88. The van der Waals surface area contributed by atoms with Gasteiger partial charge in [-0.05, 0) is 77.1 Å². The second-order valence-electron chi connectivity index (χ2n) is 8.00. The SMILES string of the molecule is CC(C)Oc1cc(C(=O)O)cc(C2CCN(C(=O)OC(C)(C)C)CC2)c1. The first kappa shape index (κ1) is 20.1. The van der Waals surface area contributed by atoms with Crippen LogP contribution in [0.2, 0.25) is 0 Å². The normalized spacial score (nSPS) is 15.8. The Labute approximate surface area is 155 Å². The molecule has 2 rings (SSSR count). The summed E-state index contributed by atoms with van der Waals surface area (Å²) in [5.74, 6) is -0.196. The molecule has 1 aromatic rings. The quantitative estimate of drug-likeness (QED) is 0.864. The predicted molar refractivity (Wildman–Crippen MR) is 98.9 cm³/mol. The minimum Gasteiger partial charge on any atom is -0.491 e. The van der Waals surface area contributed by atoms with Crippen LogP contribution in [0.3, 0.4) is 0 Å². The van der Waals surface area contributed by atoms with E-state index in [0.29, 0.717) is 18.8 Å². The summed E-state index contributed by atoms with van der Waals surface area (Å²) in [5.41, 5.74) is 0.671. The van der Waals surface area contributed by atoms with Crippen LogP contribution in [0.4, 0.5) is 4.79 Å². The molecule has 0 atom stereocenters. The van der Waals surface area contributed by atoms with Gasteiger partial charge >= 0.3 is 12.1 Å². The molecule has 1 heterocycles. The highest BCUT2D eigenvalue weighted by molar-refractivity contribution is 5.88. The van der Waals surface area contributed by atoms with Crippen molar-refractivity contribution in [1.29, 1.82) is 0 Å². The third-order valence-electron chi connectivity index (χ3n) is 4.17. The molecule has 0 aromatic heterocycles. The molecule has 144 valence electrons. The van der Waals surface area contributed by atoms with Crippen molar-refractivity contribution in [1.82, 2.24) is 4.90 Å². The standard InChI is InChI=1S/C20H29NO5/c1-13(2)25-17-11-15(10-16(12-17)18(22)23)14-6-8-21(9-7-14)19(24)26-20(3,4)5/h10-14H,6-9H2,1-5H3,(H,22,23). The molecule has 26 heavy (non-hydrogen) atoms. The van der Waals surface area contributed by atoms with Gasteiger partial charge in [0.05, 0.1) is 11.7 Å². The van der Waals surface area contributed by atoms with Crippen molar-refractivity contribution in [2.75, 3.05) is 13.1 Å². The number of nitrogens with zero attached hydrogens (tertiary/aromatic N) is 1. The van der Waals surface area contributed by atoms with Crippen molar-refractivity contribution in [3.8, 4) is 5.75 Å². The molecular weight excluding hydrogens is 334 g/mol. The number of benzene rings is 1. The van der Waals surface area contributed by atoms with Gasteiger partial charge in [-0.1, -0.05) is 0 Å². The van der Waals surface area contributed by atoms with E-state index in [-0.39, 0.29) is 23.7 Å². The van der Waals surface area contributed by atoms with Gasteiger partial charge in [0, 0.05) is 13.1 Å². The van der Waals surface area contributed by atoms with Crippen molar-refractivity contribution >= 4 is 12.1 Å². The Balaban J connectivity index is 2.09. The van der Waals surface area contributed by atoms with Crippen molar-refractivity contribution < 1.29 is 24.2 Å². The minimum atomic E-state index is -0.966. The summed E-state index contributed by atoms with van der Waals surface area (Å²) in [6.45, 7) is 10.6. The summed E-state index contributed by atoms with van der Waals surface area (Å²) < 4.78 is 11.1. The van der Waals surface area contributed by atoms with Crippen LogP contribution >= 0.6 is 0 Å². The zero-order valence-corrected chi connectivity index (χ0v) is 16.2. The average molecular weight is 363 g/mol. The first-order chi connectivity index (χ1) is 12.0. The van der Waals surface area contributed by atoms with Crippen molar-refractivity contribution in [2.24, 2.45) is 0 Å². The van der Waals surface area contributed by atoms with E-state index in [4.69, 9.17) is 9.47 Å². The van der Waals surface area contributed by atoms with Gasteiger partial charge in [-0.3, -0.25) is 0 Å². The monoisotopic (exact) mass is 363 g/mol. The molecular formula is C20H29NO5. The largest absolute Gasteiger partial charge is 0.491 e. The van der Waals surface area contributed by atoms with Gasteiger partial charge in [0.2, 0.25) is 0 Å². The third kappa shape index (κ3) is 5.64. The van der Waals surface area contributed by atoms with Crippen LogP contribution in [0.1, 0.15) is 69.3 Å². The summed E-state index contributed by atoms with van der Waals surface area (Å²) in [7, 11) is 0. The fourth-order valence-corrected chi connectivity index (χ4v) is 3.04. The Hall–Kier alpha value is -2.24. The number of carbonyl (C=O) groups excluding carboxylic acids is 1. The van der Waals surface area contributed by atoms with Crippen molar-refractivity contribution in [2.45, 2.75) is 65.1 Å². The number of ether oxygens (including phenoxy) is 2. The molecule has 6 heteroatoms. The van der Waals surface area contributed by atoms with Crippen molar-refractivity contribution in [3.05, 3.63) is 29.3 Å². The Morgan fingerprint density at radius 2 is 1.77 bits per heavy atom. The first-order valence-electron chi connectivity index (χ1n) is 9.08. The van der Waals surface area contributed by atoms with Gasteiger partial charge in [-0.15, -0.1) is 0 Å². The van der Waals surface area contributed by atoms with E-state index in [0.717, 1.165) is 18.4 Å². The number of likely N-dealkylation sites (tertiary alicyclic amines) is 1. The number of amides is 1. The zero-order chi connectivity index (χ0) is 19.5. The molecule has 1 aliphatic rings. The zero-order valence-electron chi connectivity index (χ0n) is 16.2. The van der Waals surface area contributed by atoms with Crippen molar-refractivity contribution in [3.63, 3.8) is 0 Å². The highest BCUT2D eigenvalue weighted by atomic mass is 16.6. The third-order valence-corrected chi connectivity index (χ3v) is 4.17. The minimum absolute atomic E-state index is 0.0269. The second kappa shape index (κ2) is 7.98. The maximum Gasteiger partial charge on any atom is 0.410 e. The number of carboxylic acids is 1. The maximum absolute atomic E-state index is 12.2. The highest BCUT2D eigenvalue weighted by Crippen LogP contribution is 2.32. The number of hydrogen-bond acceptors (Lipinski definition) is 4. The molecule has 6 nitrogen and oxygen atoms in total. The molecule has 1 N–H and O–H groups in total. The van der Waals surface area contributed by atoms with E-state index >= 15 is 0 Å². The highest BCUT2D eigenvalue weighted by Gasteiger charge is 2.28. The number of rotatable bonds is 4. The van der Waals surface area contributed by atoms with Crippen LogP contribution in [0, 0.1) is 0 Å². The Morgan fingerprint density at radius 1 is 1.15 bits per heavy atom. The van der Waals surface area contributed by atoms with Crippen LogP contribution in [0.5, 0.6) is 5.75 Å². The van der Waals surface area contributed by atoms with Gasteiger partial charge in [0.25, 0.3) is 0 Å². The van der Waals surface area contributed by atoms with E-state index in [1.165, 1.54) is 0 Å². The molecule has 0 unspecified atom stereocenters. The lowest BCUT2D eigenvalue weighted by Crippen LogP contribution is -2.41. The first-order valence-corrected chi connectivity index (χ1v) is 9.08. The van der Waals surface area contributed by atoms with E-state index in [2.05, 4.69) is 0 Å². The smallest absolute Gasteiger partial charge is 0.410 e. The molecule has 0 bridgehead atoms. The Kier molecular flexibility index (Phi) is 6.16. The molecule has 0 radical (unpaired) electrons. The summed E-state index contributed by atoms with van der Waals surface area (Å²) in [6.07, 6.45) is 1.22. The molecule has 0 spiro atoms. The number of carbonyl (C=O) groups is 2. The fraction of sp³-hybridized carbons (Fsp3) is 0.600. The number of piperidine rings is 1. The topological polar surface area (TPSA) is 76.1 Å². The van der Waals surface area contributed by atoms with Gasteiger partial charge in [-0.2, -0.15) is 0 Å². The van der Waals surface area contributed by atoms with E-state index in [1.807, 2.05) is 40.7 Å². The summed E-state index contributed by atoms with van der Waals surface area (Å²) in [4.78, 5) is 25.3. The molecule has 0 saturated carbocycles. The molecule has 0 aliphatic carbocycles. The van der Waals surface area contributed by atoms with Crippen LogP contribution in [-0.2, 0) is 4.74 Å². The molecule has 1 aliphatic heterocycles. The summed E-state index contributed by atoms with van der Waals surface area (Å²) in [5, 5.41) is 9.36. The molecule has 1 saturated heterocycles. The second-order valence-corrected chi connectivity index (χ2v) is 8.00. The van der Waals surface area contributed by atoms with Gasteiger partial charge < -0.3 is 19.5 Å². The number of carboxylic acid groups (broad SMARTS) is 1. The summed E-state index contributed by atoms with van der Waals surface area (Å²) in [6, 6.07) is 5.19. The molecule has 1 fully saturated rings.